The number of carbonyl (C=O) groups excluding carboxylic acids is 2. The number of hydrogen-bond donors (Lipinski definition) is 5. The molecule has 11 heteroatoms. The lowest BCUT2D eigenvalue weighted by Crippen LogP contribution is -2.66. The summed E-state index contributed by atoms with van der Waals surface area (Å²) in [6, 6.07) is 0.614. The highest BCUT2D eigenvalue weighted by atomic mass is 16.6. The first kappa shape index (κ1) is 28.4. The van der Waals surface area contributed by atoms with Gasteiger partial charge >= 0.3 is 0 Å². The van der Waals surface area contributed by atoms with Crippen LogP contribution in [0.5, 0.6) is 0 Å². The van der Waals surface area contributed by atoms with Gasteiger partial charge in [-0.05, 0) is 44.4 Å². The first-order chi connectivity index (χ1) is 19.5. The number of fused-ring (bicyclic) bond motifs is 1. The molecule has 224 valence electrons. The van der Waals surface area contributed by atoms with Gasteiger partial charge in [0.2, 0.25) is 5.91 Å². The topological polar surface area (TPSA) is 153 Å². The highest BCUT2D eigenvalue weighted by Gasteiger charge is 2.50. The molecule has 2 saturated carbocycles. The van der Waals surface area contributed by atoms with Crippen LogP contribution in [0.25, 0.3) is 0 Å². The molecule has 0 aromatic heterocycles. The maximum atomic E-state index is 13.0. The van der Waals surface area contributed by atoms with Gasteiger partial charge in [0.15, 0.2) is 17.8 Å². The average Bonchev–Trinajstić information content (AvgIpc) is 3.40. The van der Waals surface area contributed by atoms with E-state index in [1.165, 1.54) is 12.8 Å². The third-order valence-electron chi connectivity index (χ3n) is 10.2. The van der Waals surface area contributed by atoms with Crippen LogP contribution in [-0.4, -0.2) is 105 Å². The van der Waals surface area contributed by atoms with E-state index in [0.717, 1.165) is 64.6 Å². The highest BCUT2D eigenvalue weighted by molar-refractivity contribution is 5.95. The molecule has 5 fully saturated rings. The van der Waals surface area contributed by atoms with Gasteiger partial charge in [-0.25, -0.2) is 0 Å². The van der Waals surface area contributed by atoms with Crippen molar-refractivity contribution in [2.45, 2.75) is 106 Å². The molecule has 3 saturated heterocycles. The lowest BCUT2D eigenvalue weighted by Gasteiger charge is -2.43. The van der Waals surface area contributed by atoms with Crippen LogP contribution < -0.4 is 27.4 Å². The maximum absolute atomic E-state index is 13.0. The normalized spacial score (nSPS) is 42.6. The highest BCUT2D eigenvalue weighted by Crippen LogP contribution is 2.41. The molecule has 1 amide bonds. The van der Waals surface area contributed by atoms with E-state index >= 15 is 0 Å². The third kappa shape index (κ3) is 6.19. The number of carbonyl (C=O) groups is 2. The molecule has 6 aliphatic rings. The minimum absolute atomic E-state index is 0.0135. The van der Waals surface area contributed by atoms with Gasteiger partial charge in [-0.3, -0.25) is 9.59 Å². The Morgan fingerprint density at radius 2 is 1.80 bits per heavy atom. The predicted octanol–water partition coefficient (Wildman–Crippen LogP) is -0.265. The summed E-state index contributed by atoms with van der Waals surface area (Å²) in [5.41, 5.74) is 12.2. The van der Waals surface area contributed by atoms with Crippen LogP contribution in [0.15, 0.2) is 12.0 Å². The SMILES string of the molecule is NC(=O)C1NCC(N[C@H]2CCCC[C@H]2N)CC1NC1CCCC(C2COC3C(=O)C=C(N4CCOCC4)OC32)C1. The van der Waals surface area contributed by atoms with Gasteiger partial charge in [0.25, 0.3) is 0 Å². The van der Waals surface area contributed by atoms with Crippen molar-refractivity contribution in [3.63, 3.8) is 0 Å². The van der Waals surface area contributed by atoms with Crippen LogP contribution in [-0.2, 0) is 23.8 Å². The van der Waals surface area contributed by atoms with E-state index in [1.54, 1.807) is 6.08 Å². The van der Waals surface area contributed by atoms with Crippen molar-refractivity contribution >= 4 is 11.7 Å². The minimum atomic E-state index is -0.511. The molecule has 7 N–H and O–H groups in total. The second kappa shape index (κ2) is 12.6. The Labute approximate surface area is 237 Å². The molecule has 4 heterocycles. The molecular weight excluding hydrogens is 512 g/mol. The second-order valence-electron chi connectivity index (χ2n) is 12.8. The predicted molar refractivity (Wildman–Crippen MR) is 149 cm³/mol. The van der Waals surface area contributed by atoms with E-state index in [-0.39, 0.29) is 47.9 Å². The van der Waals surface area contributed by atoms with E-state index in [4.69, 9.17) is 25.7 Å². The Kier molecular flexibility index (Phi) is 8.95. The molecule has 6 rings (SSSR count). The number of primary amides is 1. The van der Waals surface area contributed by atoms with Crippen LogP contribution in [0.3, 0.4) is 0 Å². The summed E-state index contributed by atoms with van der Waals surface area (Å²) in [5, 5.41) is 11.1. The first-order valence-corrected chi connectivity index (χ1v) is 15.6. The monoisotopic (exact) mass is 560 g/mol. The number of amides is 1. The van der Waals surface area contributed by atoms with Crippen molar-refractivity contribution in [1.29, 1.82) is 0 Å². The lowest BCUT2D eigenvalue weighted by molar-refractivity contribution is -0.133. The summed E-state index contributed by atoms with van der Waals surface area (Å²) in [4.78, 5) is 27.5. The maximum Gasteiger partial charge on any atom is 0.236 e. The molecule has 10 atom stereocenters. The van der Waals surface area contributed by atoms with Gasteiger partial charge in [-0.1, -0.05) is 19.3 Å². The Balaban J connectivity index is 1.08. The lowest BCUT2D eigenvalue weighted by atomic mass is 9.75. The molecule has 0 bridgehead atoms. The van der Waals surface area contributed by atoms with Gasteiger partial charge in [-0.15, -0.1) is 0 Å². The van der Waals surface area contributed by atoms with E-state index < -0.39 is 12.1 Å². The Bertz CT molecular complexity index is 944. The first-order valence-electron chi connectivity index (χ1n) is 15.6. The number of morpholine rings is 1. The third-order valence-corrected chi connectivity index (χ3v) is 10.2. The van der Waals surface area contributed by atoms with Crippen LogP contribution in [0, 0.1) is 11.8 Å². The van der Waals surface area contributed by atoms with E-state index in [2.05, 4.69) is 20.9 Å². The van der Waals surface area contributed by atoms with Crippen molar-refractivity contribution in [3.8, 4) is 0 Å². The van der Waals surface area contributed by atoms with E-state index in [9.17, 15) is 9.59 Å². The number of piperidine rings is 1. The molecule has 8 unspecified atom stereocenters. The Hall–Kier alpha value is -1.76. The van der Waals surface area contributed by atoms with Crippen molar-refractivity contribution in [2.24, 2.45) is 23.3 Å². The number of rotatable bonds is 7. The number of ketones is 1. The Morgan fingerprint density at radius 3 is 2.60 bits per heavy atom. The van der Waals surface area contributed by atoms with Gasteiger partial charge in [0.05, 0.1) is 19.8 Å². The van der Waals surface area contributed by atoms with Gasteiger partial charge in [0, 0.05) is 61.8 Å². The fourth-order valence-corrected chi connectivity index (χ4v) is 8.02. The van der Waals surface area contributed by atoms with E-state index in [0.29, 0.717) is 37.7 Å². The number of nitrogens with two attached hydrogens (primary N) is 2. The standard InChI is InChI=1S/C29H48N6O5/c30-21-6-1-2-7-22(21)34-19-13-23(26(29(31)37)32-15-19)33-18-5-3-4-17(12-18)20-16-39-28-24(36)14-25(40-27(20)28)35-8-10-38-11-9-35/h14,17-23,26-28,32-34H,1-13,15-16,30H2,(H2,31,37)/t17?,18?,19?,20?,21-,22+,23?,26?,27?,28?/m1/s1. The summed E-state index contributed by atoms with van der Waals surface area (Å²) < 4.78 is 18.0. The molecule has 11 nitrogen and oxygen atoms in total. The van der Waals surface area contributed by atoms with Crippen LogP contribution >= 0.6 is 0 Å². The van der Waals surface area contributed by atoms with Gasteiger partial charge in [-0.2, -0.15) is 0 Å². The molecule has 2 aliphatic carbocycles. The second-order valence-corrected chi connectivity index (χ2v) is 12.8. The zero-order valence-corrected chi connectivity index (χ0v) is 23.6. The van der Waals surface area contributed by atoms with Crippen LogP contribution in [0.4, 0.5) is 0 Å². The molecule has 0 aromatic rings. The summed E-state index contributed by atoms with van der Waals surface area (Å²) in [6.45, 7) is 4.02. The fraction of sp³-hybridized carbons (Fsp3) is 0.862. The molecule has 0 aromatic carbocycles. The number of hydrogen-bond acceptors (Lipinski definition) is 10. The van der Waals surface area contributed by atoms with Crippen molar-refractivity contribution in [2.75, 3.05) is 39.5 Å². The largest absolute Gasteiger partial charge is 0.472 e. The zero-order valence-electron chi connectivity index (χ0n) is 23.6. The number of nitrogens with one attached hydrogen (secondary N) is 3. The van der Waals surface area contributed by atoms with E-state index in [1.807, 2.05) is 0 Å². The van der Waals surface area contributed by atoms with Gasteiger partial charge < -0.3 is 46.5 Å². The minimum Gasteiger partial charge on any atom is -0.472 e. The zero-order chi connectivity index (χ0) is 27.6. The average molecular weight is 561 g/mol. The molecule has 4 aliphatic heterocycles. The number of ether oxygens (including phenoxy) is 3. The van der Waals surface area contributed by atoms with Crippen molar-refractivity contribution in [1.82, 2.24) is 20.9 Å². The summed E-state index contributed by atoms with van der Waals surface area (Å²) >= 11 is 0. The fourth-order valence-electron chi connectivity index (χ4n) is 8.02. The van der Waals surface area contributed by atoms with Crippen LogP contribution in [0.2, 0.25) is 0 Å². The number of nitrogens with zero attached hydrogens (tertiary/aromatic N) is 1. The molecule has 0 radical (unpaired) electrons. The van der Waals surface area contributed by atoms with Crippen LogP contribution in [0.1, 0.15) is 57.8 Å². The molecular formula is C29H48N6O5. The molecule has 0 spiro atoms. The summed E-state index contributed by atoms with van der Waals surface area (Å²) in [5.74, 6) is 0.933. The summed E-state index contributed by atoms with van der Waals surface area (Å²) in [7, 11) is 0. The van der Waals surface area contributed by atoms with Crippen molar-refractivity contribution < 1.29 is 23.8 Å². The van der Waals surface area contributed by atoms with Crippen molar-refractivity contribution in [3.05, 3.63) is 12.0 Å². The molecule has 40 heavy (non-hydrogen) atoms. The van der Waals surface area contributed by atoms with Gasteiger partial charge in [0.1, 0.15) is 12.1 Å². The summed E-state index contributed by atoms with van der Waals surface area (Å²) in [6.07, 6.45) is 10.5. The quantitative estimate of drug-likeness (QED) is 0.281. The smallest absolute Gasteiger partial charge is 0.236 e. The Morgan fingerprint density at radius 1 is 1.00 bits per heavy atom.